The molecule has 27 heavy (non-hydrogen) atoms. The molecule has 2 aromatic rings. The van der Waals surface area contributed by atoms with Crippen LogP contribution in [0.4, 0.5) is 18.9 Å². The summed E-state index contributed by atoms with van der Waals surface area (Å²) < 4.78 is 44.1. The minimum Gasteiger partial charge on any atom is -0.494 e. The van der Waals surface area contributed by atoms with Crippen LogP contribution in [0.2, 0.25) is 5.02 Å². The minimum atomic E-state index is -4.59. The van der Waals surface area contributed by atoms with Crippen molar-refractivity contribution >= 4 is 35.0 Å². The van der Waals surface area contributed by atoms with Crippen molar-refractivity contribution in [3.05, 3.63) is 52.5 Å². The first-order chi connectivity index (χ1) is 12.7. The normalized spacial score (nSPS) is 11.2. The predicted molar refractivity (Wildman–Crippen MR) is 102 cm³/mol. The van der Waals surface area contributed by atoms with E-state index in [4.69, 9.17) is 16.3 Å². The van der Waals surface area contributed by atoms with Gasteiger partial charge in [-0.05, 0) is 43.0 Å². The van der Waals surface area contributed by atoms with Crippen molar-refractivity contribution in [1.29, 1.82) is 0 Å². The second-order valence-corrected chi connectivity index (χ2v) is 7.07. The van der Waals surface area contributed by atoms with E-state index in [0.717, 1.165) is 22.8 Å². The molecule has 146 valence electrons. The lowest BCUT2D eigenvalue weighted by Gasteiger charge is -2.15. The third-order valence-corrected chi connectivity index (χ3v) is 4.53. The number of amides is 1. The molecule has 0 atom stereocenters. The molecular formula is C18H18ClF3N2O2S. The van der Waals surface area contributed by atoms with Crippen molar-refractivity contribution in [3.63, 3.8) is 0 Å². The zero-order valence-electron chi connectivity index (χ0n) is 14.6. The lowest BCUT2D eigenvalue weighted by molar-refractivity contribution is -0.137. The van der Waals surface area contributed by atoms with E-state index in [1.165, 1.54) is 6.07 Å². The molecule has 0 fully saturated rings. The Morgan fingerprint density at radius 1 is 1.19 bits per heavy atom. The highest BCUT2D eigenvalue weighted by molar-refractivity contribution is 7.99. The standard InChI is InChI=1S/C18H18ClF3N2O2S/c1-3-26-14-5-6-16(27-4-2)15(10-14)23-24-17(25)11-7-12(18(20,21)22)9-13(19)8-11/h5-10,23H,3-4H2,1-2H3,(H,24,25). The molecular weight excluding hydrogens is 401 g/mol. The lowest BCUT2D eigenvalue weighted by atomic mass is 10.1. The zero-order valence-corrected chi connectivity index (χ0v) is 16.2. The molecule has 0 aliphatic carbocycles. The molecule has 0 aliphatic heterocycles. The van der Waals surface area contributed by atoms with Crippen LogP contribution in [0.3, 0.4) is 0 Å². The quantitative estimate of drug-likeness (QED) is 0.452. The van der Waals surface area contributed by atoms with Gasteiger partial charge in [0.1, 0.15) is 5.75 Å². The summed E-state index contributed by atoms with van der Waals surface area (Å²) in [7, 11) is 0. The molecule has 2 rings (SSSR count). The number of ether oxygens (including phenoxy) is 1. The van der Waals surface area contributed by atoms with Crippen LogP contribution in [0.5, 0.6) is 5.75 Å². The number of alkyl halides is 3. The molecule has 0 aromatic heterocycles. The zero-order chi connectivity index (χ0) is 20.0. The van der Waals surface area contributed by atoms with Gasteiger partial charge in [0.2, 0.25) is 0 Å². The highest BCUT2D eigenvalue weighted by Crippen LogP contribution is 2.32. The van der Waals surface area contributed by atoms with E-state index in [-0.39, 0.29) is 10.6 Å². The molecule has 1 amide bonds. The largest absolute Gasteiger partial charge is 0.494 e. The van der Waals surface area contributed by atoms with Crippen molar-refractivity contribution in [3.8, 4) is 5.75 Å². The third-order valence-electron chi connectivity index (χ3n) is 3.36. The molecule has 4 nitrogen and oxygen atoms in total. The Labute approximate surface area is 164 Å². The Balaban J connectivity index is 2.20. The summed E-state index contributed by atoms with van der Waals surface area (Å²) in [6, 6.07) is 8.05. The van der Waals surface area contributed by atoms with Gasteiger partial charge < -0.3 is 4.74 Å². The van der Waals surface area contributed by atoms with Gasteiger partial charge in [0, 0.05) is 21.5 Å². The Bertz CT molecular complexity index is 816. The summed E-state index contributed by atoms with van der Waals surface area (Å²) in [5.74, 6) is 0.675. The molecule has 0 bridgehead atoms. The molecule has 9 heteroatoms. The van der Waals surface area contributed by atoms with E-state index in [0.29, 0.717) is 18.0 Å². The molecule has 0 saturated heterocycles. The van der Waals surface area contributed by atoms with Crippen LogP contribution in [-0.4, -0.2) is 18.3 Å². The average molecular weight is 419 g/mol. The van der Waals surface area contributed by atoms with Gasteiger partial charge in [-0.1, -0.05) is 18.5 Å². The summed E-state index contributed by atoms with van der Waals surface area (Å²) >= 11 is 7.26. The van der Waals surface area contributed by atoms with Crippen molar-refractivity contribution in [1.82, 2.24) is 5.43 Å². The number of nitrogens with one attached hydrogen (secondary N) is 2. The summed E-state index contributed by atoms with van der Waals surface area (Å²) in [6.07, 6.45) is -4.59. The Morgan fingerprint density at radius 3 is 2.56 bits per heavy atom. The van der Waals surface area contributed by atoms with E-state index < -0.39 is 17.6 Å². The maximum absolute atomic E-state index is 12.9. The van der Waals surface area contributed by atoms with E-state index in [1.807, 2.05) is 19.9 Å². The van der Waals surface area contributed by atoms with E-state index >= 15 is 0 Å². The van der Waals surface area contributed by atoms with Gasteiger partial charge in [0.15, 0.2) is 0 Å². The van der Waals surface area contributed by atoms with Crippen LogP contribution in [-0.2, 0) is 6.18 Å². The number of carbonyl (C=O) groups excluding carboxylic acids is 1. The minimum absolute atomic E-state index is 0.171. The van der Waals surface area contributed by atoms with E-state index in [1.54, 1.807) is 23.9 Å². The average Bonchev–Trinajstić information content (AvgIpc) is 2.60. The van der Waals surface area contributed by atoms with Gasteiger partial charge in [-0.25, -0.2) is 0 Å². The second kappa shape index (κ2) is 9.23. The smallest absolute Gasteiger partial charge is 0.416 e. The fraction of sp³-hybridized carbons (Fsp3) is 0.278. The Hall–Kier alpha value is -2.06. The van der Waals surface area contributed by atoms with Crippen molar-refractivity contribution in [2.45, 2.75) is 24.9 Å². The van der Waals surface area contributed by atoms with Gasteiger partial charge in [-0.2, -0.15) is 13.2 Å². The lowest BCUT2D eigenvalue weighted by Crippen LogP contribution is -2.30. The number of halogens is 4. The third kappa shape index (κ3) is 5.97. The van der Waals surface area contributed by atoms with Crippen LogP contribution < -0.4 is 15.6 Å². The molecule has 0 heterocycles. The molecule has 0 radical (unpaired) electrons. The fourth-order valence-electron chi connectivity index (χ4n) is 2.23. The first kappa shape index (κ1) is 21.2. The van der Waals surface area contributed by atoms with Crippen LogP contribution >= 0.6 is 23.4 Å². The summed E-state index contributed by atoms with van der Waals surface area (Å²) in [5.41, 5.74) is 4.55. The van der Waals surface area contributed by atoms with E-state index in [2.05, 4.69) is 10.9 Å². The number of rotatable bonds is 7. The maximum atomic E-state index is 12.9. The highest BCUT2D eigenvalue weighted by atomic mass is 35.5. The number of carbonyl (C=O) groups is 1. The summed E-state index contributed by atoms with van der Waals surface area (Å²) in [5, 5.41) is -0.171. The predicted octanol–water partition coefficient (Wildman–Crippen LogP) is 5.63. The van der Waals surface area contributed by atoms with Crippen molar-refractivity contribution in [2.75, 3.05) is 17.8 Å². The molecule has 0 unspecified atom stereocenters. The van der Waals surface area contributed by atoms with Gasteiger partial charge in [-0.3, -0.25) is 15.6 Å². The van der Waals surface area contributed by atoms with Crippen LogP contribution in [0.1, 0.15) is 29.8 Å². The second-order valence-electron chi connectivity index (χ2n) is 5.33. The van der Waals surface area contributed by atoms with Gasteiger partial charge >= 0.3 is 6.18 Å². The first-order valence-corrected chi connectivity index (χ1v) is 9.44. The summed E-state index contributed by atoms with van der Waals surface area (Å²) in [4.78, 5) is 13.2. The maximum Gasteiger partial charge on any atom is 0.416 e. The molecule has 2 aromatic carbocycles. The van der Waals surface area contributed by atoms with Crippen LogP contribution in [0.15, 0.2) is 41.3 Å². The Kier molecular flexibility index (Phi) is 7.26. The Morgan fingerprint density at radius 2 is 1.93 bits per heavy atom. The van der Waals surface area contributed by atoms with Crippen molar-refractivity contribution < 1.29 is 22.7 Å². The number of hydrogen-bond donors (Lipinski definition) is 2. The molecule has 0 spiro atoms. The fourth-order valence-corrected chi connectivity index (χ4v) is 3.20. The van der Waals surface area contributed by atoms with Crippen LogP contribution in [0.25, 0.3) is 0 Å². The van der Waals surface area contributed by atoms with E-state index in [9.17, 15) is 18.0 Å². The monoisotopic (exact) mass is 418 g/mol. The number of anilines is 1. The highest BCUT2D eigenvalue weighted by Gasteiger charge is 2.31. The summed E-state index contributed by atoms with van der Waals surface area (Å²) in [6.45, 7) is 4.31. The van der Waals surface area contributed by atoms with Crippen LogP contribution in [0, 0.1) is 0 Å². The van der Waals surface area contributed by atoms with Gasteiger partial charge in [-0.15, -0.1) is 11.8 Å². The number of hydrazine groups is 1. The first-order valence-electron chi connectivity index (χ1n) is 8.08. The van der Waals surface area contributed by atoms with Crippen molar-refractivity contribution in [2.24, 2.45) is 0 Å². The van der Waals surface area contributed by atoms with Gasteiger partial charge in [0.05, 0.1) is 17.9 Å². The molecule has 0 saturated carbocycles. The number of hydrogen-bond acceptors (Lipinski definition) is 4. The topological polar surface area (TPSA) is 50.4 Å². The number of thioether (sulfide) groups is 1. The molecule has 2 N–H and O–H groups in total. The van der Waals surface area contributed by atoms with Gasteiger partial charge in [0.25, 0.3) is 5.91 Å². The molecule has 0 aliphatic rings. The number of benzene rings is 2. The SMILES string of the molecule is CCOc1ccc(SCC)c(NNC(=O)c2cc(Cl)cc(C(F)(F)F)c2)c1.